The maximum Gasteiger partial charge on any atom is 0.343 e. The molecule has 28 heavy (non-hydrogen) atoms. The number of hydrogen-bond donors (Lipinski definition) is 0. The van der Waals surface area contributed by atoms with Crippen molar-refractivity contribution in [3.63, 3.8) is 0 Å². The van der Waals surface area contributed by atoms with Crippen molar-refractivity contribution in [2.75, 3.05) is 6.61 Å². The van der Waals surface area contributed by atoms with E-state index < -0.39 is 5.97 Å². The summed E-state index contributed by atoms with van der Waals surface area (Å²) in [7, 11) is 0. The van der Waals surface area contributed by atoms with Crippen LogP contribution in [0, 0.1) is 0 Å². The molecule has 0 atom stereocenters. The van der Waals surface area contributed by atoms with E-state index >= 15 is 0 Å². The van der Waals surface area contributed by atoms with Crippen LogP contribution in [0.15, 0.2) is 69.6 Å². The Morgan fingerprint density at radius 2 is 1.68 bits per heavy atom. The minimum Gasteiger partial charge on any atom is -0.492 e. The number of ether oxygens (including phenoxy) is 2. The van der Waals surface area contributed by atoms with Gasteiger partial charge in [-0.3, -0.25) is 0 Å². The second-order valence-corrected chi connectivity index (χ2v) is 8.37. The van der Waals surface area contributed by atoms with Crippen molar-refractivity contribution in [3.05, 3.63) is 90.8 Å². The van der Waals surface area contributed by atoms with Crippen LogP contribution in [0.5, 0.6) is 11.5 Å². The molecule has 0 unspecified atom stereocenters. The average molecular weight is 545 g/mol. The summed E-state index contributed by atoms with van der Waals surface area (Å²) in [6.45, 7) is 0.528. The molecule has 0 spiro atoms. The Bertz CT molecular complexity index is 971. The fourth-order valence-corrected chi connectivity index (χ4v) is 4.26. The smallest absolute Gasteiger partial charge is 0.343 e. The van der Waals surface area contributed by atoms with Crippen LogP contribution in [0.25, 0.3) is 0 Å². The molecule has 7 heteroatoms. The van der Waals surface area contributed by atoms with Gasteiger partial charge in [0.05, 0.1) is 26.1 Å². The first kappa shape index (κ1) is 21.2. The Morgan fingerprint density at radius 1 is 0.929 bits per heavy atom. The Labute approximate surface area is 189 Å². The largest absolute Gasteiger partial charge is 0.492 e. The van der Waals surface area contributed by atoms with Gasteiger partial charge in [-0.15, -0.1) is 0 Å². The summed E-state index contributed by atoms with van der Waals surface area (Å²) < 4.78 is 12.4. The van der Waals surface area contributed by atoms with E-state index in [1.807, 2.05) is 18.2 Å². The standard InChI is InChI=1S/C21H14Br2Cl2O3/c22-16-10-14(21(26)28-20-17(23)11-15(24)12-18(20)25)6-7-19(16)27-9-8-13-4-2-1-3-5-13/h1-7,10-12H,8-9H2. The van der Waals surface area contributed by atoms with E-state index in [0.29, 0.717) is 31.9 Å². The van der Waals surface area contributed by atoms with Crippen molar-refractivity contribution in [3.8, 4) is 11.5 Å². The lowest BCUT2D eigenvalue weighted by Gasteiger charge is -2.11. The molecule has 0 radical (unpaired) electrons. The Kier molecular flexibility index (Phi) is 7.41. The van der Waals surface area contributed by atoms with Crippen molar-refractivity contribution in [1.82, 2.24) is 0 Å². The number of esters is 1. The van der Waals surface area contributed by atoms with E-state index in [1.165, 1.54) is 11.6 Å². The first-order valence-electron chi connectivity index (χ1n) is 8.27. The van der Waals surface area contributed by atoms with Crippen molar-refractivity contribution in [2.45, 2.75) is 6.42 Å². The van der Waals surface area contributed by atoms with E-state index in [2.05, 4.69) is 44.0 Å². The van der Waals surface area contributed by atoms with Gasteiger partial charge in [0.15, 0.2) is 5.75 Å². The average Bonchev–Trinajstić information content (AvgIpc) is 2.66. The number of carbonyl (C=O) groups excluding carboxylic acids is 1. The third-order valence-corrected chi connectivity index (χ3v) is 5.52. The van der Waals surface area contributed by atoms with E-state index in [9.17, 15) is 4.79 Å². The molecule has 3 aromatic rings. The zero-order valence-electron chi connectivity index (χ0n) is 14.4. The van der Waals surface area contributed by atoms with Gasteiger partial charge in [0.25, 0.3) is 0 Å². The molecule has 3 rings (SSSR count). The predicted octanol–water partition coefficient (Wildman–Crippen LogP) is 7.36. The van der Waals surface area contributed by atoms with Crippen molar-refractivity contribution < 1.29 is 14.3 Å². The number of benzene rings is 3. The van der Waals surface area contributed by atoms with E-state index in [0.717, 1.165) is 6.42 Å². The molecule has 0 saturated carbocycles. The first-order valence-corrected chi connectivity index (χ1v) is 10.6. The molecule has 3 nitrogen and oxygen atoms in total. The van der Waals surface area contributed by atoms with Gasteiger partial charge in [-0.1, -0.05) is 53.5 Å². The van der Waals surface area contributed by atoms with Crippen LogP contribution in [0.3, 0.4) is 0 Å². The van der Waals surface area contributed by atoms with Gasteiger partial charge in [0, 0.05) is 11.4 Å². The minimum absolute atomic E-state index is 0.218. The van der Waals surface area contributed by atoms with E-state index in [4.69, 9.17) is 32.7 Å². The molecule has 0 aliphatic carbocycles. The summed E-state index contributed by atoms with van der Waals surface area (Å²) >= 11 is 18.8. The lowest BCUT2D eigenvalue weighted by molar-refractivity contribution is 0.0733. The molecule has 0 saturated heterocycles. The maximum atomic E-state index is 12.5. The summed E-state index contributed by atoms with van der Waals surface area (Å²) in [5.41, 5.74) is 1.56. The number of rotatable bonds is 6. The zero-order valence-corrected chi connectivity index (χ0v) is 19.1. The zero-order chi connectivity index (χ0) is 20.1. The van der Waals surface area contributed by atoms with Crippen LogP contribution in [0.4, 0.5) is 0 Å². The first-order chi connectivity index (χ1) is 13.4. The minimum atomic E-state index is -0.540. The fraction of sp³-hybridized carbons (Fsp3) is 0.0952. The number of carbonyl (C=O) groups is 1. The molecule has 0 bridgehead atoms. The van der Waals surface area contributed by atoms with Crippen molar-refractivity contribution >= 4 is 61.0 Å². The summed E-state index contributed by atoms with van der Waals surface area (Å²) in [5, 5.41) is 0.684. The maximum absolute atomic E-state index is 12.5. The molecular formula is C21H14Br2Cl2O3. The van der Waals surface area contributed by atoms with Gasteiger partial charge >= 0.3 is 5.97 Å². The fourth-order valence-electron chi connectivity index (χ4n) is 2.45. The van der Waals surface area contributed by atoms with Crippen LogP contribution < -0.4 is 9.47 Å². The third-order valence-electron chi connectivity index (χ3n) is 3.82. The lowest BCUT2D eigenvalue weighted by atomic mass is 10.2. The van der Waals surface area contributed by atoms with E-state index in [-0.39, 0.29) is 10.8 Å². The molecule has 3 aromatic carbocycles. The second kappa shape index (κ2) is 9.79. The molecule has 0 aromatic heterocycles. The highest BCUT2D eigenvalue weighted by Crippen LogP contribution is 2.37. The Morgan fingerprint density at radius 3 is 2.36 bits per heavy atom. The molecule has 0 aliphatic rings. The monoisotopic (exact) mass is 542 g/mol. The molecule has 0 amide bonds. The molecule has 0 N–H and O–H groups in total. The van der Waals surface area contributed by atoms with Crippen LogP contribution in [0.1, 0.15) is 15.9 Å². The summed E-state index contributed by atoms with van der Waals surface area (Å²) in [5.74, 6) is 0.329. The molecule has 144 valence electrons. The summed E-state index contributed by atoms with van der Waals surface area (Å²) in [4.78, 5) is 12.5. The molecule has 0 heterocycles. The van der Waals surface area contributed by atoms with Gasteiger partial charge in [0.2, 0.25) is 0 Å². The topological polar surface area (TPSA) is 35.5 Å². The van der Waals surface area contributed by atoms with Crippen LogP contribution in [-0.2, 0) is 6.42 Å². The van der Waals surface area contributed by atoms with Gasteiger partial charge < -0.3 is 9.47 Å². The highest BCUT2D eigenvalue weighted by molar-refractivity contribution is 9.11. The van der Waals surface area contributed by atoms with Crippen LogP contribution in [-0.4, -0.2) is 12.6 Å². The Balaban J connectivity index is 1.65. The number of hydrogen-bond acceptors (Lipinski definition) is 3. The SMILES string of the molecule is O=C(Oc1c(Cl)cc(Cl)cc1Br)c1ccc(OCCc2ccccc2)c(Br)c1. The molecular weight excluding hydrogens is 531 g/mol. The second-order valence-electron chi connectivity index (χ2n) is 5.82. The van der Waals surface area contributed by atoms with Crippen LogP contribution in [0.2, 0.25) is 10.0 Å². The molecule has 0 fully saturated rings. The van der Waals surface area contributed by atoms with Crippen molar-refractivity contribution in [2.24, 2.45) is 0 Å². The van der Waals surface area contributed by atoms with Crippen LogP contribution >= 0.6 is 55.1 Å². The van der Waals surface area contributed by atoms with Gasteiger partial charge in [-0.2, -0.15) is 0 Å². The van der Waals surface area contributed by atoms with Crippen molar-refractivity contribution in [1.29, 1.82) is 0 Å². The summed E-state index contributed by atoms with van der Waals surface area (Å²) in [6.07, 6.45) is 0.792. The quantitative estimate of drug-likeness (QED) is 0.240. The normalized spacial score (nSPS) is 10.6. The molecule has 0 aliphatic heterocycles. The third kappa shape index (κ3) is 5.51. The lowest BCUT2D eigenvalue weighted by Crippen LogP contribution is -2.10. The highest BCUT2D eigenvalue weighted by Gasteiger charge is 2.16. The Hall–Kier alpha value is -1.53. The highest BCUT2D eigenvalue weighted by atomic mass is 79.9. The van der Waals surface area contributed by atoms with Gasteiger partial charge in [-0.05, 0) is 67.8 Å². The number of halogens is 4. The van der Waals surface area contributed by atoms with Gasteiger partial charge in [0.1, 0.15) is 5.75 Å². The van der Waals surface area contributed by atoms with Gasteiger partial charge in [-0.25, -0.2) is 4.79 Å². The summed E-state index contributed by atoms with van der Waals surface area (Å²) in [6, 6.07) is 18.2. The van der Waals surface area contributed by atoms with E-state index in [1.54, 1.807) is 24.3 Å². The predicted molar refractivity (Wildman–Crippen MR) is 119 cm³/mol.